The van der Waals surface area contributed by atoms with E-state index in [1.165, 1.54) is 5.56 Å². The number of primary amides is 1. The average molecular weight is 232 g/mol. The van der Waals surface area contributed by atoms with Crippen LogP contribution in [0.2, 0.25) is 0 Å². The molecule has 0 saturated carbocycles. The number of nitrogens with two attached hydrogens (primary N) is 1. The van der Waals surface area contributed by atoms with Crippen LogP contribution in [0, 0.1) is 11.3 Å². The second kappa shape index (κ2) is 4.88. The van der Waals surface area contributed by atoms with Crippen LogP contribution in [0.5, 0.6) is 0 Å². The Morgan fingerprint density at radius 2 is 2.18 bits per heavy atom. The molecule has 92 valence electrons. The maximum atomic E-state index is 11.5. The molecule has 0 radical (unpaired) electrons. The average Bonchev–Trinajstić information content (AvgIpc) is 2.75. The van der Waals surface area contributed by atoms with Gasteiger partial charge in [-0.1, -0.05) is 37.3 Å². The maximum absolute atomic E-state index is 11.5. The van der Waals surface area contributed by atoms with Crippen LogP contribution in [0.4, 0.5) is 0 Å². The molecule has 1 aliphatic rings. The summed E-state index contributed by atoms with van der Waals surface area (Å²) in [5, 5.41) is 3.31. The van der Waals surface area contributed by atoms with Crippen molar-refractivity contribution in [3.8, 4) is 0 Å². The Kier molecular flexibility index (Phi) is 3.48. The van der Waals surface area contributed by atoms with Crippen molar-refractivity contribution in [3.05, 3.63) is 35.9 Å². The molecule has 17 heavy (non-hydrogen) atoms. The number of hydrogen-bond donors (Lipinski definition) is 2. The zero-order chi connectivity index (χ0) is 12.3. The zero-order valence-corrected chi connectivity index (χ0v) is 10.3. The van der Waals surface area contributed by atoms with Crippen LogP contribution in [0.3, 0.4) is 0 Å². The largest absolute Gasteiger partial charge is 0.369 e. The highest BCUT2D eigenvalue weighted by Gasteiger charge is 2.44. The van der Waals surface area contributed by atoms with E-state index in [2.05, 4.69) is 24.4 Å². The first-order valence-corrected chi connectivity index (χ1v) is 6.22. The first kappa shape index (κ1) is 12.1. The van der Waals surface area contributed by atoms with Gasteiger partial charge in [0.25, 0.3) is 0 Å². The van der Waals surface area contributed by atoms with Gasteiger partial charge < -0.3 is 11.1 Å². The van der Waals surface area contributed by atoms with E-state index in [9.17, 15) is 4.79 Å². The van der Waals surface area contributed by atoms with Gasteiger partial charge in [0.05, 0.1) is 5.92 Å². The molecule has 3 nitrogen and oxygen atoms in total. The predicted molar refractivity (Wildman–Crippen MR) is 68.4 cm³/mol. The van der Waals surface area contributed by atoms with Gasteiger partial charge in [-0.3, -0.25) is 4.79 Å². The minimum Gasteiger partial charge on any atom is -0.369 e. The standard InChI is InChI=1S/C14H20N2O/c1-2-14(8-11-6-4-3-5-7-11)10-16-9-12(14)13(15)17/h3-7,12,16H,2,8-10H2,1H3,(H2,15,17). The van der Waals surface area contributed by atoms with Gasteiger partial charge in [-0.15, -0.1) is 0 Å². The Morgan fingerprint density at radius 1 is 1.47 bits per heavy atom. The zero-order valence-electron chi connectivity index (χ0n) is 10.3. The molecule has 2 rings (SSSR count). The Bertz CT molecular complexity index is 390. The smallest absolute Gasteiger partial charge is 0.222 e. The van der Waals surface area contributed by atoms with Crippen LogP contribution in [-0.2, 0) is 11.2 Å². The fourth-order valence-electron chi connectivity index (χ4n) is 2.89. The van der Waals surface area contributed by atoms with Crippen LogP contribution in [0.1, 0.15) is 18.9 Å². The summed E-state index contributed by atoms with van der Waals surface area (Å²) in [7, 11) is 0. The summed E-state index contributed by atoms with van der Waals surface area (Å²) in [4.78, 5) is 11.5. The van der Waals surface area contributed by atoms with Crippen molar-refractivity contribution < 1.29 is 4.79 Å². The molecular formula is C14H20N2O. The molecule has 1 fully saturated rings. The highest BCUT2D eigenvalue weighted by atomic mass is 16.1. The molecule has 3 N–H and O–H groups in total. The number of rotatable bonds is 4. The van der Waals surface area contributed by atoms with Gasteiger partial charge in [0, 0.05) is 13.1 Å². The third kappa shape index (κ3) is 2.34. The van der Waals surface area contributed by atoms with Crippen molar-refractivity contribution in [1.29, 1.82) is 0 Å². The Balaban J connectivity index is 2.22. The van der Waals surface area contributed by atoms with Crippen LogP contribution in [0.25, 0.3) is 0 Å². The van der Waals surface area contributed by atoms with E-state index in [-0.39, 0.29) is 17.2 Å². The SMILES string of the molecule is CCC1(Cc2ccccc2)CNCC1C(N)=O. The molecule has 3 heteroatoms. The molecular weight excluding hydrogens is 212 g/mol. The molecule has 1 aromatic carbocycles. The van der Waals surface area contributed by atoms with Gasteiger partial charge in [-0.25, -0.2) is 0 Å². The minimum absolute atomic E-state index is 0.00676. The van der Waals surface area contributed by atoms with Crippen molar-refractivity contribution >= 4 is 5.91 Å². The number of carbonyl (C=O) groups is 1. The van der Waals surface area contributed by atoms with Crippen molar-refractivity contribution in [2.24, 2.45) is 17.1 Å². The normalized spacial score (nSPS) is 28.2. The van der Waals surface area contributed by atoms with E-state index in [0.29, 0.717) is 0 Å². The highest BCUT2D eigenvalue weighted by molar-refractivity contribution is 5.78. The number of amides is 1. The van der Waals surface area contributed by atoms with Gasteiger partial charge in [0.1, 0.15) is 0 Å². The summed E-state index contributed by atoms with van der Waals surface area (Å²) < 4.78 is 0. The van der Waals surface area contributed by atoms with Crippen molar-refractivity contribution in [1.82, 2.24) is 5.32 Å². The lowest BCUT2D eigenvalue weighted by atomic mass is 9.71. The Hall–Kier alpha value is -1.35. The maximum Gasteiger partial charge on any atom is 0.222 e. The molecule has 0 aromatic heterocycles. The van der Waals surface area contributed by atoms with Crippen LogP contribution in [0.15, 0.2) is 30.3 Å². The van der Waals surface area contributed by atoms with Gasteiger partial charge in [-0.2, -0.15) is 0 Å². The number of hydrogen-bond acceptors (Lipinski definition) is 2. The summed E-state index contributed by atoms with van der Waals surface area (Å²) in [5.74, 6) is -0.222. The number of nitrogens with one attached hydrogen (secondary N) is 1. The second-order valence-electron chi connectivity index (χ2n) is 4.96. The molecule has 1 heterocycles. The molecule has 0 bridgehead atoms. The molecule has 0 aliphatic carbocycles. The Morgan fingerprint density at radius 3 is 2.76 bits per heavy atom. The number of carbonyl (C=O) groups excluding carboxylic acids is 1. The lowest BCUT2D eigenvalue weighted by molar-refractivity contribution is -0.124. The third-order valence-corrected chi connectivity index (χ3v) is 4.01. The third-order valence-electron chi connectivity index (χ3n) is 4.01. The van der Waals surface area contributed by atoms with Gasteiger partial charge in [-0.05, 0) is 23.8 Å². The van der Waals surface area contributed by atoms with Crippen LogP contribution < -0.4 is 11.1 Å². The highest BCUT2D eigenvalue weighted by Crippen LogP contribution is 2.38. The lowest BCUT2D eigenvalue weighted by Gasteiger charge is -2.32. The first-order valence-electron chi connectivity index (χ1n) is 6.22. The molecule has 2 unspecified atom stereocenters. The summed E-state index contributed by atoms with van der Waals surface area (Å²) in [6.45, 7) is 3.74. The molecule has 1 saturated heterocycles. The van der Waals surface area contributed by atoms with E-state index >= 15 is 0 Å². The van der Waals surface area contributed by atoms with Gasteiger partial charge in [0.15, 0.2) is 0 Å². The summed E-state index contributed by atoms with van der Waals surface area (Å²) in [5.41, 5.74) is 6.80. The van der Waals surface area contributed by atoms with E-state index in [1.807, 2.05) is 18.2 Å². The number of benzene rings is 1. The van der Waals surface area contributed by atoms with E-state index in [4.69, 9.17) is 5.73 Å². The quantitative estimate of drug-likeness (QED) is 0.823. The molecule has 1 aliphatic heterocycles. The van der Waals surface area contributed by atoms with Crippen LogP contribution in [-0.4, -0.2) is 19.0 Å². The molecule has 1 aromatic rings. The Labute approximate surface area is 102 Å². The molecule has 1 amide bonds. The van der Waals surface area contributed by atoms with E-state index in [1.54, 1.807) is 0 Å². The van der Waals surface area contributed by atoms with E-state index in [0.717, 1.165) is 25.9 Å². The molecule has 0 spiro atoms. The van der Waals surface area contributed by atoms with E-state index < -0.39 is 0 Å². The van der Waals surface area contributed by atoms with Crippen LogP contribution >= 0.6 is 0 Å². The van der Waals surface area contributed by atoms with Gasteiger partial charge >= 0.3 is 0 Å². The van der Waals surface area contributed by atoms with Crippen molar-refractivity contribution in [2.45, 2.75) is 19.8 Å². The van der Waals surface area contributed by atoms with Crippen molar-refractivity contribution in [2.75, 3.05) is 13.1 Å². The summed E-state index contributed by atoms with van der Waals surface area (Å²) in [6, 6.07) is 10.3. The monoisotopic (exact) mass is 232 g/mol. The first-order chi connectivity index (χ1) is 8.18. The molecule has 2 atom stereocenters. The topological polar surface area (TPSA) is 55.1 Å². The lowest BCUT2D eigenvalue weighted by Crippen LogP contribution is -2.39. The second-order valence-corrected chi connectivity index (χ2v) is 4.96. The van der Waals surface area contributed by atoms with Crippen molar-refractivity contribution in [3.63, 3.8) is 0 Å². The van der Waals surface area contributed by atoms with Gasteiger partial charge in [0.2, 0.25) is 5.91 Å². The summed E-state index contributed by atoms with van der Waals surface area (Å²) in [6.07, 6.45) is 1.90. The minimum atomic E-state index is -0.173. The fraction of sp³-hybridized carbons (Fsp3) is 0.500. The predicted octanol–water partition coefficient (Wildman–Crippen LogP) is 1.33. The summed E-state index contributed by atoms with van der Waals surface area (Å²) >= 11 is 0. The fourth-order valence-corrected chi connectivity index (χ4v) is 2.89.